The molecule has 20 heavy (non-hydrogen) atoms. The van der Waals surface area contributed by atoms with Gasteiger partial charge in [-0.1, -0.05) is 31.4 Å². The van der Waals surface area contributed by atoms with Gasteiger partial charge in [-0.15, -0.1) is 0 Å². The Bertz CT molecular complexity index is 417. The van der Waals surface area contributed by atoms with Gasteiger partial charge in [0.15, 0.2) is 0 Å². The van der Waals surface area contributed by atoms with E-state index < -0.39 is 0 Å². The quantitative estimate of drug-likeness (QED) is 0.857. The van der Waals surface area contributed by atoms with Crippen LogP contribution >= 0.6 is 0 Å². The van der Waals surface area contributed by atoms with Crippen molar-refractivity contribution in [3.8, 4) is 0 Å². The van der Waals surface area contributed by atoms with E-state index in [1.165, 1.54) is 69.4 Å². The molecule has 2 fully saturated rings. The van der Waals surface area contributed by atoms with Gasteiger partial charge in [0.05, 0.1) is 11.4 Å². The second kappa shape index (κ2) is 6.51. The molecule has 1 saturated heterocycles. The Kier molecular flexibility index (Phi) is 4.49. The summed E-state index contributed by atoms with van der Waals surface area (Å²) in [6, 6.07) is 9.47. The lowest BCUT2D eigenvalue weighted by Crippen LogP contribution is -2.29. The number of nitrogens with one attached hydrogen (secondary N) is 1. The Labute approximate surface area is 123 Å². The van der Waals surface area contributed by atoms with Gasteiger partial charge in [-0.2, -0.15) is 0 Å². The molecule has 0 amide bonds. The second-order valence-corrected chi connectivity index (χ2v) is 6.54. The zero-order chi connectivity index (χ0) is 13.8. The molecule has 1 aliphatic carbocycles. The van der Waals surface area contributed by atoms with Crippen molar-refractivity contribution in [2.45, 2.75) is 57.9 Å². The first kappa shape index (κ1) is 13.8. The van der Waals surface area contributed by atoms with Gasteiger partial charge in [-0.05, 0) is 50.7 Å². The molecule has 1 aliphatic heterocycles. The standard InChI is InChI=1S/C18H28N2/c1-15(16-9-3-2-4-10-16)19-17-11-5-6-12-18(17)20-13-7-8-14-20/h5-6,11-12,15-16,19H,2-4,7-10,13-14H2,1H3. The Balaban J connectivity index is 1.69. The van der Waals surface area contributed by atoms with E-state index in [1.807, 2.05) is 0 Å². The summed E-state index contributed by atoms with van der Waals surface area (Å²) < 4.78 is 0. The van der Waals surface area contributed by atoms with E-state index in [2.05, 4.69) is 41.4 Å². The van der Waals surface area contributed by atoms with Crippen LogP contribution in [-0.4, -0.2) is 19.1 Å². The molecule has 3 rings (SSSR count). The molecule has 0 bridgehead atoms. The van der Waals surface area contributed by atoms with E-state index in [-0.39, 0.29) is 0 Å². The Hall–Kier alpha value is -1.18. The zero-order valence-electron chi connectivity index (χ0n) is 12.8. The van der Waals surface area contributed by atoms with E-state index in [1.54, 1.807) is 0 Å². The molecule has 1 aromatic rings. The molecule has 1 N–H and O–H groups in total. The summed E-state index contributed by atoms with van der Waals surface area (Å²) in [6.45, 7) is 4.81. The van der Waals surface area contributed by atoms with Crippen LogP contribution in [0.2, 0.25) is 0 Å². The third-order valence-electron chi connectivity index (χ3n) is 5.09. The molecular formula is C18H28N2. The second-order valence-electron chi connectivity index (χ2n) is 6.54. The normalized spacial score (nSPS) is 21.9. The highest BCUT2D eigenvalue weighted by Crippen LogP contribution is 2.32. The van der Waals surface area contributed by atoms with Gasteiger partial charge in [0.2, 0.25) is 0 Å². The summed E-state index contributed by atoms with van der Waals surface area (Å²) in [7, 11) is 0. The van der Waals surface area contributed by atoms with Crippen LogP contribution in [0, 0.1) is 5.92 Å². The minimum atomic E-state index is 0.596. The van der Waals surface area contributed by atoms with Gasteiger partial charge in [-0.25, -0.2) is 0 Å². The summed E-state index contributed by atoms with van der Waals surface area (Å²) in [5, 5.41) is 3.82. The zero-order valence-corrected chi connectivity index (χ0v) is 12.8. The van der Waals surface area contributed by atoms with E-state index >= 15 is 0 Å². The number of para-hydroxylation sites is 2. The lowest BCUT2D eigenvalue weighted by atomic mass is 9.84. The van der Waals surface area contributed by atoms with Crippen LogP contribution < -0.4 is 10.2 Å². The fraction of sp³-hybridized carbons (Fsp3) is 0.667. The van der Waals surface area contributed by atoms with Crippen LogP contribution in [0.3, 0.4) is 0 Å². The summed E-state index contributed by atoms with van der Waals surface area (Å²) in [5.74, 6) is 0.857. The summed E-state index contributed by atoms with van der Waals surface area (Å²) >= 11 is 0. The fourth-order valence-electron chi connectivity index (χ4n) is 3.83. The van der Waals surface area contributed by atoms with Crippen LogP contribution in [0.4, 0.5) is 11.4 Å². The third kappa shape index (κ3) is 3.11. The predicted molar refractivity (Wildman–Crippen MR) is 87.5 cm³/mol. The molecular weight excluding hydrogens is 244 g/mol. The van der Waals surface area contributed by atoms with Crippen LogP contribution in [0.15, 0.2) is 24.3 Å². The molecule has 0 spiro atoms. The largest absolute Gasteiger partial charge is 0.381 e. The van der Waals surface area contributed by atoms with Crippen molar-refractivity contribution in [3.63, 3.8) is 0 Å². The van der Waals surface area contributed by atoms with Crippen LogP contribution in [0.25, 0.3) is 0 Å². The SMILES string of the molecule is CC(Nc1ccccc1N1CCCC1)C1CCCCC1. The van der Waals surface area contributed by atoms with Crippen molar-refractivity contribution in [1.29, 1.82) is 0 Å². The molecule has 2 aliphatic rings. The number of hydrogen-bond donors (Lipinski definition) is 1. The summed E-state index contributed by atoms with van der Waals surface area (Å²) in [4.78, 5) is 2.54. The van der Waals surface area contributed by atoms with E-state index in [0.717, 1.165) is 5.92 Å². The van der Waals surface area contributed by atoms with Crippen molar-refractivity contribution < 1.29 is 0 Å². The van der Waals surface area contributed by atoms with E-state index in [4.69, 9.17) is 0 Å². The highest BCUT2D eigenvalue weighted by Gasteiger charge is 2.22. The van der Waals surface area contributed by atoms with Crippen molar-refractivity contribution in [2.24, 2.45) is 5.92 Å². The molecule has 1 unspecified atom stereocenters. The molecule has 110 valence electrons. The van der Waals surface area contributed by atoms with Crippen molar-refractivity contribution in [1.82, 2.24) is 0 Å². The molecule has 2 heteroatoms. The Morgan fingerprint density at radius 1 is 1.00 bits per heavy atom. The van der Waals surface area contributed by atoms with E-state index in [9.17, 15) is 0 Å². The van der Waals surface area contributed by atoms with Crippen molar-refractivity contribution >= 4 is 11.4 Å². The molecule has 1 saturated carbocycles. The molecule has 1 aromatic carbocycles. The maximum absolute atomic E-state index is 3.82. The lowest BCUT2D eigenvalue weighted by molar-refractivity contribution is 0.328. The first-order valence-corrected chi connectivity index (χ1v) is 8.45. The number of hydrogen-bond acceptors (Lipinski definition) is 2. The number of anilines is 2. The number of nitrogens with zero attached hydrogens (tertiary/aromatic N) is 1. The average molecular weight is 272 g/mol. The Morgan fingerprint density at radius 3 is 2.45 bits per heavy atom. The summed E-state index contributed by atoms with van der Waals surface area (Å²) in [6.07, 6.45) is 9.77. The van der Waals surface area contributed by atoms with Gasteiger partial charge in [0.25, 0.3) is 0 Å². The maximum Gasteiger partial charge on any atom is 0.0602 e. The molecule has 2 nitrogen and oxygen atoms in total. The minimum Gasteiger partial charge on any atom is -0.381 e. The smallest absolute Gasteiger partial charge is 0.0602 e. The van der Waals surface area contributed by atoms with Crippen LogP contribution in [0.1, 0.15) is 51.9 Å². The monoisotopic (exact) mass is 272 g/mol. The van der Waals surface area contributed by atoms with Gasteiger partial charge >= 0.3 is 0 Å². The lowest BCUT2D eigenvalue weighted by Gasteiger charge is -2.31. The van der Waals surface area contributed by atoms with Gasteiger partial charge < -0.3 is 10.2 Å². The molecule has 1 heterocycles. The van der Waals surface area contributed by atoms with Crippen LogP contribution in [0.5, 0.6) is 0 Å². The van der Waals surface area contributed by atoms with Crippen molar-refractivity contribution in [3.05, 3.63) is 24.3 Å². The molecule has 0 radical (unpaired) electrons. The summed E-state index contributed by atoms with van der Waals surface area (Å²) in [5.41, 5.74) is 2.75. The maximum atomic E-state index is 3.82. The number of benzene rings is 1. The van der Waals surface area contributed by atoms with Gasteiger partial charge in [0, 0.05) is 19.1 Å². The predicted octanol–water partition coefficient (Wildman–Crippen LogP) is 4.67. The number of rotatable bonds is 4. The van der Waals surface area contributed by atoms with Gasteiger partial charge in [0.1, 0.15) is 0 Å². The molecule has 1 atom stereocenters. The molecule has 0 aromatic heterocycles. The first-order chi connectivity index (χ1) is 9.84. The topological polar surface area (TPSA) is 15.3 Å². The highest BCUT2D eigenvalue weighted by molar-refractivity contribution is 5.70. The van der Waals surface area contributed by atoms with Crippen molar-refractivity contribution in [2.75, 3.05) is 23.3 Å². The minimum absolute atomic E-state index is 0.596. The fourth-order valence-corrected chi connectivity index (χ4v) is 3.83. The van der Waals surface area contributed by atoms with Crippen LogP contribution in [-0.2, 0) is 0 Å². The average Bonchev–Trinajstić information content (AvgIpc) is 3.03. The third-order valence-corrected chi connectivity index (χ3v) is 5.09. The highest BCUT2D eigenvalue weighted by atomic mass is 15.2. The van der Waals surface area contributed by atoms with E-state index in [0.29, 0.717) is 6.04 Å². The Morgan fingerprint density at radius 2 is 1.70 bits per heavy atom. The first-order valence-electron chi connectivity index (χ1n) is 8.45. The van der Waals surface area contributed by atoms with Gasteiger partial charge in [-0.3, -0.25) is 0 Å².